The molecular weight excluding hydrogens is 535 g/mol. The molecule has 2 aromatic carbocycles. The van der Waals surface area contributed by atoms with Crippen molar-refractivity contribution in [2.45, 2.75) is 164 Å². The van der Waals surface area contributed by atoms with E-state index in [0.29, 0.717) is 6.61 Å². The molecule has 0 bridgehead atoms. The number of benzene rings is 2. The quantitative estimate of drug-likeness (QED) is 0.310. The fourth-order valence-corrected chi connectivity index (χ4v) is 5.92. The summed E-state index contributed by atoms with van der Waals surface area (Å²) in [6, 6.07) is 9.35. The van der Waals surface area contributed by atoms with Crippen LogP contribution in [-0.2, 0) is 37.0 Å². The zero-order valence-electron chi connectivity index (χ0n) is 30.7. The van der Waals surface area contributed by atoms with Crippen LogP contribution in [0.1, 0.15) is 165 Å². The van der Waals surface area contributed by atoms with Gasteiger partial charge >= 0.3 is 8.60 Å². The molecule has 0 radical (unpaired) electrons. The summed E-state index contributed by atoms with van der Waals surface area (Å²) < 4.78 is 20.3. The van der Waals surface area contributed by atoms with Gasteiger partial charge < -0.3 is 9.05 Å². The van der Waals surface area contributed by atoms with Gasteiger partial charge in [-0.3, -0.25) is 4.52 Å². The van der Waals surface area contributed by atoms with Gasteiger partial charge in [0.2, 0.25) is 0 Å². The summed E-state index contributed by atoms with van der Waals surface area (Å²) in [4.78, 5) is 0. The van der Waals surface area contributed by atoms with Gasteiger partial charge in [0.15, 0.2) is 0 Å². The molecule has 3 nitrogen and oxygen atoms in total. The van der Waals surface area contributed by atoms with E-state index in [4.69, 9.17) is 13.6 Å². The summed E-state index contributed by atoms with van der Waals surface area (Å²) >= 11 is 0. The van der Waals surface area contributed by atoms with Crippen molar-refractivity contribution < 1.29 is 13.6 Å². The molecular formula is C38H63O3P. The van der Waals surface area contributed by atoms with Gasteiger partial charge in [0.25, 0.3) is 0 Å². The van der Waals surface area contributed by atoms with Crippen LogP contribution in [0.3, 0.4) is 0 Å². The first kappa shape index (κ1) is 36.6. The van der Waals surface area contributed by atoms with E-state index in [1.165, 1.54) is 33.4 Å². The van der Waals surface area contributed by atoms with E-state index in [9.17, 15) is 0 Å². The summed E-state index contributed by atoms with van der Waals surface area (Å²) in [5.41, 5.74) is 6.86. The predicted molar refractivity (Wildman–Crippen MR) is 185 cm³/mol. The maximum atomic E-state index is 7.00. The summed E-state index contributed by atoms with van der Waals surface area (Å²) in [6.07, 6.45) is 0. The molecule has 0 amide bonds. The van der Waals surface area contributed by atoms with Crippen LogP contribution in [0.15, 0.2) is 24.3 Å². The molecule has 238 valence electrons. The lowest BCUT2D eigenvalue weighted by Crippen LogP contribution is -2.24. The Balaban J connectivity index is 2.90. The van der Waals surface area contributed by atoms with Gasteiger partial charge in [0, 0.05) is 22.3 Å². The second-order valence-electron chi connectivity index (χ2n) is 18.1. The minimum Gasteiger partial charge on any atom is -0.417 e. The zero-order valence-corrected chi connectivity index (χ0v) is 31.6. The van der Waals surface area contributed by atoms with E-state index in [1.54, 1.807) is 0 Å². The van der Waals surface area contributed by atoms with Crippen molar-refractivity contribution in [3.8, 4) is 11.5 Å². The molecule has 4 heteroatoms. The average molecular weight is 599 g/mol. The molecule has 0 saturated carbocycles. The average Bonchev–Trinajstić information content (AvgIpc) is 2.74. The molecule has 0 N–H and O–H groups in total. The van der Waals surface area contributed by atoms with E-state index >= 15 is 0 Å². The Morgan fingerprint density at radius 1 is 0.429 bits per heavy atom. The molecule has 0 aliphatic rings. The van der Waals surface area contributed by atoms with Gasteiger partial charge in [-0.2, -0.15) is 0 Å². The molecule has 0 spiro atoms. The fourth-order valence-electron chi connectivity index (χ4n) is 4.87. The number of hydrogen-bond donors (Lipinski definition) is 0. The van der Waals surface area contributed by atoms with Gasteiger partial charge in [0.1, 0.15) is 11.5 Å². The lowest BCUT2D eigenvalue weighted by molar-refractivity contribution is 0.273. The second-order valence-corrected chi connectivity index (χ2v) is 19.2. The van der Waals surface area contributed by atoms with Crippen molar-refractivity contribution in [1.29, 1.82) is 0 Å². The van der Waals surface area contributed by atoms with Crippen LogP contribution in [0.5, 0.6) is 11.5 Å². The van der Waals surface area contributed by atoms with Gasteiger partial charge in [-0.1, -0.05) is 149 Å². The molecule has 0 aromatic heterocycles. The topological polar surface area (TPSA) is 27.7 Å². The van der Waals surface area contributed by atoms with Crippen LogP contribution in [0.4, 0.5) is 0 Å². The maximum absolute atomic E-state index is 7.00. The number of rotatable bonds is 6. The van der Waals surface area contributed by atoms with Crippen molar-refractivity contribution in [2.24, 2.45) is 0 Å². The normalized spacial score (nSPS) is 14.0. The summed E-state index contributed by atoms with van der Waals surface area (Å²) in [5.74, 6) is 1.78. The smallest absolute Gasteiger partial charge is 0.417 e. The molecule has 0 aliphatic heterocycles. The molecule has 2 aromatic rings. The fraction of sp³-hybridized carbons (Fsp3) is 0.684. The molecule has 0 aliphatic carbocycles. The molecule has 0 fully saturated rings. The largest absolute Gasteiger partial charge is 0.463 e. The first-order chi connectivity index (χ1) is 18.6. The zero-order chi connectivity index (χ0) is 32.9. The third kappa shape index (κ3) is 8.98. The van der Waals surface area contributed by atoms with Crippen molar-refractivity contribution in [2.75, 3.05) is 6.61 Å². The van der Waals surface area contributed by atoms with Crippen LogP contribution < -0.4 is 9.05 Å². The molecule has 0 unspecified atom stereocenters. The summed E-state index contributed by atoms with van der Waals surface area (Å²) in [5, 5.41) is 0. The van der Waals surface area contributed by atoms with Gasteiger partial charge in [0.05, 0.1) is 6.61 Å². The highest BCUT2D eigenvalue weighted by Crippen LogP contribution is 2.53. The van der Waals surface area contributed by atoms with E-state index in [0.717, 1.165) is 11.5 Å². The Labute approximate surface area is 261 Å². The minimum absolute atomic E-state index is 0.0116. The van der Waals surface area contributed by atoms with E-state index < -0.39 is 8.60 Å². The molecule has 0 atom stereocenters. The molecule has 2 rings (SSSR count). The lowest BCUT2D eigenvalue weighted by Gasteiger charge is -2.35. The first-order valence-electron chi connectivity index (χ1n) is 15.8. The van der Waals surface area contributed by atoms with E-state index in [-0.39, 0.29) is 32.5 Å². The molecule has 0 saturated heterocycles. The lowest BCUT2D eigenvalue weighted by atomic mass is 9.75. The summed E-state index contributed by atoms with van der Waals surface area (Å²) in [6.45, 7) is 43.3. The van der Waals surface area contributed by atoms with E-state index in [1.807, 2.05) is 6.92 Å². The third-order valence-corrected chi connectivity index (χ3v) is 8.84. The summed E-state index contributed by atoms with van der Waals surface area (Å²) in [7, 11) is -1.74. The van der Waals surface area contributed by atoms with Crippen molar-refractivity contribution >= 4 is 8.60 Å². The standard InChI is InChI=1S/C38H63O3P/c1-20-39-42(40-31-27(35(8,9)10)21-25(33(2,3)4)22-28(31)36(11,12)13)41-32-29(37(14,15)16)23-26(34(5,6)7)24-30(32)38(17,18)19/h21-24H,20H2,1-19H3. The third-order valence-electron chi connectivity index (χ3n) is 7.71. The Bertz CT molecular complexity index is 1060. The number of hydrogen-bond acceptors (Lipinski definition) is 3. The maximum Gasteiger partial charge on any atom is 0.463 e. The first-order valence-corrected chi connectivity index (χ1v) is 16.9. The van der Waals surface area contributed by atoms with Crippen molar-refractivity contribution in [1.82, 2.24) is 0 Å². The van der Waals surface area contributed by atoms with Crippen LogP contribution in [0.2, 0.25) is 0 Å². The van der Waals surface area contributed by atoms with Gasteiger partial charge in [-0.05, 0) is 50.5 Å². The molecule has 42 heavy (non-hydrogen) atoms. The Kier molecular flexibility index (Phi) is 10.5. The Morgan fingerprint density at radius 3 is 0.833 bits per heavy atom. The van der Waals surface area contributed by atoms with Crippen LogP contribution in [0, 0.1) is 0 Å². The van der Waals surface area contributed by atoms with Crippen LogP contribution in [0.25, 0.3) is 0 Å². The van der Waals surface area contributed by atoms with Gasteiger partial charge in [-0.25, -0.2) is 0 Å². The highest BCUT2D eigenvalue weighted by Gasteiger charge is 2.36. The SMILES string of the molecule is CCOP(Oc1c(C(C)(C)C)cc(C(C)(C)C)cc1C(C)(C)C)Oc1c(C(C)(C)C)cc(C(C)(C)C)cc1C(C)(C)C. The minimum atomic E-state index is -1.74. The second kappa shape index (κ2) is 12.1. The van der Waals surface area contributed by atoms with Crippen LogP contribution >= 0.6 is 8.60 Å². The Morgan fingerprint density at radius 2 is 0.667 bits per heavy atom. The van der Waals surface area contributed by atoms with Crippen LogP contribution in [-0.4, -0.2) is 6.61 Å². The predicted octanol–water partition coefficient (Wildman–Crippen LogP) is 12.2. The molecule has 0 heterocycles. The monoisotopic (exact) mass is 598 g/mol. The van der Waals surface area contributed by atoms with Gasteiger partial charge in [-0.15, -0.1) is 0 Å². The van der Waals surface area contributed by atoms with Crippen molar-refractivity contribution in [3.05, 3.63) is 57.6 Å². The Hall–Kier alpha value is -1.57. The van der Waals surface area contributed by atoms with E-state index in [2.05, 4.69) is 149 Å². The highest BCUT2D eigenvalue weighted by molar-refractivity contribution is 7.42. The highest BCUT2D eigenvalue weighted by atomic mass is 31.2. The van der Waals surface area contributed by atoms with Crippen molar-refractivity contribution in [3.63, 3.8) is 0 Å².